The molecule has 220 valence electrons. The minimum absolute atomic E-state index is 0.441. The van der Waals surface area contributed by atoms with Gasteiger partial charge in [0, 0.05) is 5.92 Å². The van der Waals surface area contributed by atoms with Crippen molar-refractivity contribution in [3.05, 3.63) is 68.8 Å². The average molecular weight is 533 g/mol. The minimum Gasteiger partial charge on any atom is -0.0648 e. The topological polar surface area (TPSA) is 0 Å². The van der Waals surface area contributed by atoms with Gasteiger partial charge in [-0.25, -0.2) is 0 Å². The Morgan fingerprint density at radius 3 is 0.897 bits per heavy atom. The largest absolute Gasteiger partial charge is 0.0648 e. The Bertz CT molecular complexity index is 945. The van der Waals surface area contributed by atoms with Crippen molar-refractivity contribution >= 4 is 0 Å². The monoisotopic (exact) mass is 533 g/mol. The van der Waals surface area contributed by atoms with E-state index in [1.807, 2.05) is 0 Å². The summed E-state index contributed by atoms with van der Waals surface area (Å²) >= 11 is 0. The SMILES string of the molecule is CCC(C)c1cc(C(C)CC)c(C(C)CC)c(C(CC)c2cc(C(C)CC)cc(C(C)CC)c2C(C)CC)c1. The lowest BCUT2D eigenvalue weighted by Gasteiger charge is -2.33. The van der Waals surface area contributed by atoms with Crippen molar-refractivity contribution < 1.29 is 0 Å². The first-order valence-electron chi connectivity index (χ1n) is 16.9. The van der Waals surface area contributed by atoms with Crippen LogP contribution in [0.4, 0.5) is 0 Å². The molecule has 0 radical (unpaired) electrons. The van der Waals surface area contributed by atoms with E-state index in [1.54, 1.807) is 44.5 Å². The van der Waals surface area contributed by atoms with E-state index in [1.165, 1.54) is 38.5 Å². The Morgan fingerprint density at radius 1 is 0.359 bits per heavy atom. The van der Waals surface area contributed by atoms with Crippen LogP contribution in [0, 0.1) is 0 Å². The Kier molecular flexibility index (Phi) is 13.3. The molecule has 2 rings (SSSR count). The van der Waals surface area contributed by atoms with E-state index in [9.17, 15) is 0 Å². The highest BCUT2D eigenvalue weighted by Crippen LogP contribution is 2.46. The molecule has 0 aliphatic rings. The van der Waals surface area contributed by atoms with Crippen LogP contribution in [0.2, 0.25) is 0 Å². The Morgan fingerprint density at radius 2 is 0.641 bits per heavy atom. The van der Waals surface area contributed by atoms with Crippen LogP contribution in [0.15, 0.2) is 24.3 Å². The molecule has 0 saturated carbocycles. The van der Waals surface area contributed by atoms with Crippen molar-refractivity contribution in [3.63, 3.8) is 0 Å². The lowest BCUT2D eigenvalue weighted by Crippen LogP contribution is -2.16. The first-order chi connectivity index (χ1) is 18.5. The summed E-state index contributed by atoms with van der Waals surface area (Å²) in [5, 5.41) is 0. The van der Waals surface area contributed by atoms with Crippen LogP contribution in [0.1, 0.15) is 221 Å². The van der Waals surface area contributed by atoms with E-state index in [-0.39, 0.29) is 0 Å². The van der Waals surface area contributed by atoms with Gasteiger partial charge in [0.25, 0.3) is 0 Å². The van der Waals surface area contributed by atoms with Crippen molar-refractivity contribution in [2.45, 2.75) is 176 Å². The van der Waals surface area contributed by atoms with Crippen LogP contribution >= 0.6 is 0 Å². The van der Waals surface area contributed by atoms with E-state index < -0.39 is 0 Å². The van der Waals surface area contributed by atoms with Gasteiger partial charge in [0.05, 0.1) is 0 Å². The molecule has 0 bridgehead atoms. The second-order valence-electron chi connectivity index (χ2n) is 13.0. The zero-order chi connectivity index (χ0) is 29.4. The van der Waals surface area contributed by atoms with Gasteiger partial charge in [0.15, 0.2) is 0 Å². The third-order valence-corrected chi connectivity index (χ3v) is 10.6. The molecule has 0 heterocycles. The number of benzene rings is 2. The first-order valence-corrected chi connectivity index (χ1v) is 16.9. The van der Waals surface area contributed by atoms with Crippen molar-refractivity contribution in [1.29, 1.82) is 0 Å². The van der Waals surface area contributed by atoms with Crippen LogP contribution in [0.25, 0.3) is 0 Å². The zero-order valence-electron chi connectivity index (χ0n) is 28.3. The van der Waals surface area contributed by atoms with Gasteiger partial charge in [0.1, 0.15) is 0 Å². The van der Waals surface area contributed by atoms with E-state index in [2.05, 4.69) is 114 Å². The Balaban J connectivity index is 3.11. The fourth-order valence-corrected chi connectivity index (χ4v) is 6.47. The highest BCUT2D eigenvalue weighted by Gasteiger charge is 2.29. The maximum atomic E-state index is 2.66. The molecule has 0 aromatic heterocycles. The third-order valence-electron chi connectivity index (χ3n) is 10.6. The minimum atomic E-state index is 0.441. The molecule has 6 atom stereocenters. The molecule has 2 aromatic rings. The van der Waals surface area contributed by atoms with Gasteiger partial charge in [-0.2, -0.15) is 0 Å². The van der Waals surface area contributed by atoms with Crippen LogP contribution in [-0.4, -0.2) is 0 Å². The smallest absolute Gasteiger partial charge is 0.00927 e. The third kappa shape index (κ3) is 7.40. The summed E-state index contributed by atoms with van der Waals surface area (Å²) in [6.07, 6.45) is 8.32. The molecule has 0 fully saturated rings. The van der Waals surface area contributed by atoms with Crippen molar-refractivity contribution in [1.82, 2.24) is 0 Å². The number of rotatable bonds is 15. The highest BCUT2D eigenvalue weighted by atomic mass is 14.3. The molecule has 0 spiro atoms. The summed E-state index contributed by atoms with van der Waals surface area (Å²) in [7, 11) is 0. The van der Waals surface area contributed by atoms with E-state index in [4.69, 9.17) is 0 Å². The fraction of sp³-hybridized carbons (Fsp3) is 0.692. The fourth-order valence-electron chi connectivity index (χ4n) is 6.47. The second kappa shape index (κ2) is 15.4. The number of hydrogen-bond acceptors (Lipinski definition) is 0. The predicted octanol–water partition coefficient (Wildman–Crippen LogP) is 13.3. The van der Waals surface area contributed by atoms with E-state index in [0.29, 0.717) is 41.4 Å². The second-order valence-corrected chi connectivity index (χ2v) is 13.0. The quantitative estimate of drug-likeness (QED) is 0.214. The van der Waals surface area contributed by atoms with Crippen molar-refractivity contribution in [2.75, 3.05) is 0 Å². The van der Waals surface area contributed by atoms with Gasteiger partial charge in [-0.05, 0) is 125 Å². The molecule has 6 unspecified atom stereocenters. The molecule has 2 aromatic carbocycles. The van der Waals surface area contributed by atoms with Gasteiger partial charge in [0.2, 0.25) is 0 Å². The van der Waals surface area contributed by atoms with Crippen LogP contribution in [0.3, 0.4) is 0 Å². The highest BCUT2D eigenvalue weighted by molar-refractivity contribution is 5.53. The van der Waals surface area contributed by atoms with Gasteiger partial charge in [-0.15, -0.1) is 0 Å². The standard InChI is InChI=1S/C39H64/c1-14-25(8)31-21-34(27(10)16-3)38(29(12)18-5)36(23-31)33(20-7)37-24-32(26(9)15-2)22-35(28(11)17-4)39(37)30(13)19-6/h21-30,33H,14-20H2,1-13H3. The lowest BCUT2D eigenvalue weighted by molar-refractivity contribution is 0.627. The van der Waals surface area contributed by atoms with E-state index >= 15 is 0 Å². The maximum absolute atomic E-state index is 2.66. The summed E-state index contributed by atoms with van der Waals surface area (Å²) in [5.41, 5.74) is 13.0. The van der Waals surface area contributed by atoms with E-state index in [0.717, 1.165) is 6.42 Å². The molecule has 0 amide bonds. The molecular weight excluding hydrogens is 468 g/mol. The van der Waals surface area contributed by atoms with Crippen LogP contribution in [-0.2, 0) is 0 Å². The summed E-state index contributed by atoms with van der Waals surface area (Å²) in [6, 6.07) is 10.5. The average Bonchev–Trinajstić information content (AvgIpc) is 2.97. The molecule has 0 heteroatoms. The van der Waals surface area contributed by atoms with Gasteiger partial charge < -0.3 is 0 Å². The lowest BCUT2D eigenvalue weighted by atomic mass is 9.71. The molecule has 0 aliphatic carbocycles. The van der Waals surface area contributed by atoms with Gasteiger partial charge >= 0.3 is 0 Å². The summed E-state index contributed by atoms with van der Waals surface area (Å²) in [4.78, 5) is 0. The zero-order valence-corrected chi connectivity index (χ0v) is 28.3. The summed E-state index contributed by atoms with van der Waals surface area (Å²) in [5.74, 6) is 3.94. The Hall–Kier alpha value is -1.56. The summed E-state index contributed by atoms with van der Waals surface area (Å²) < 4.78 is 0. The molecule has 0 aliphatic heterocycles. The van der Waals surface area contributed by atoms with Crippen molar-refractivity contribution in [2.24, 2.45) is 0 Å². The maximum Gasteiger partial charge on any atom is 0.00927 e. The normalized spacial score (nSPS) is 17.4. The van der Waals surface area contributed by atoms with Crippen LogP contribution in [0.5, 0.6) is 0 Å². The first kappa shape index (κ1) is 33.6. The van der Waals surface area contributed by atoms with Crippen molar-refractivity contribution in [3.8, 4) is 0 Å². The molecular formula is C39H64. The molecule has 0 saturated heterocycles. The van der Waals surface area contributed by atoms with Crippen LogP contribution < -0.4 is 0 Å². The van der Waals surface area contributed by atoms with Gasteiger partial charge in [-0.1, -0.05) is 114 Å². The summed E-state index contributed by atoms with van der Waals surface area (Å²) in [6.45, 7) is 31.4. The Labute approximate surface area is 244 Å². The number of hydrogen-bond donors (Lipinski definition) is 0. The molecule has 0 nitrogen and oxygen atoms in total. The molecule has 0 N–H and O–H groups in total. The predicted molar refractivity (Wildman–Crippen MR) is 177 cm³/mol. The molecule has 39 heavy (non-hydrogen) atoms. The van der Waals surface area contributed by atoms with Gasteiger partial charge in [-0.3, -0.25) is 0 Å².